The summed E-state index contributed by atoms with van der Waals surface area (Å²) in [6, 6.07) is 5.25. The van der Waals surface area contributed by atoms with Crippen molar-refractivity contribution in [2.75, 3.05) is 34.3 Å². The van der Waals surface area contributed by atoms with Crippen molar-refractivity contribution in [2.45, 2.75) is 6.54 Å². The predicted octanol–water partition coefficient (Wildman–Crippen LogP) is 1.05. The van der Waals surface area contributed by atoms with Crippen LogP contribution in [0.3, 0.4) is 0 Å². The van der Waals surface area contributed by atoms with Crippen LogP contribution in [0, 0.1) is 0 Å². The van der Waals surface area contributed by atoms with E-state index in [1.165, 1.54) is 0 Å². The van der Waals surface area contributed by atoms with E-state index in [9.17, 15) is 5.11 Å². The van der Waals surface area contributed by atoms with Gasteiger partial charge in [0.1, 0.15) is 11.5 Å². The van der Waals surface area contributed by atoms with E-state index in [4.69, 9.17) is 4.74 Å². The zero-order valence-electron chi connectivity index (χ0n) is 10.2. The molecule has 2 N–H and O–H groups in total. The Balaban J connectivity index is 2.46. The summed E-state index contributed by atoms with van der Waals surface area (Å²) in [6.45, 7) is 2.52. The van der Waals surface area contributed by atoms with Crippen LogP contribution in [0.5, 0.6) is 11.5 Å². The smallest absolute Gasteiger partial charge is 0.120 e. The second-order valence-electron chi connectivity index (χ2n) is 3.97. The van der Waals surface area contributed by atoms with Gasteiger partial charge in [0, 0.05) is 25.2 Å². The molecule has 0 saturated carbocycles. The fourth-order valence-corrected chi connectivity index (χ4v) is 1.36. The van der Waals surface area contributed by atoms with Crippen LogP contribution < -0.4 is 10.1 Å². The highest BCUT2D eigenvalue weighted by atomic mass is 16.5. The van der Waals surface area contributed by atoms with Gasteiger partial charge in [0.2, 0.25) is 0 Å². The lowest BCUT2D eigenvalue weighted by Crippen LogP contribution is -2.26. The van der Waals surface area contributed by atoms with Gasteiger partial charge in [0.25, 0.3) is 0 Å². The summed E-state index contributed by atoms with van der Waals surface area (Å²) in [5.41, 5.74) is 0.859. The molecule has 16 heavy (non-hydrogen) atoms. The minimum absolute atomic E-state index is 0.304. The second kappa shape index (κ2) is 6.35. The van der Waals surface area contributed by atoms with Crippen LogP contribution in [0.25, 0.3) is 0 Å². The van der Waals surface area contributed by atoms with Crippen LogP contribution in [0.15, 0.2) is 18.2 Å². The average Bonchev–Trinajstić information content (AvgIpc) is 2.26. The molecule has 0 unspecified atom stereocenters. The fourth-order valence-electron chi connectivity index (χ4n) is 1.36. The van der Waals surface area contributed by atoms with Crippen molar-refractivity contribution in [2.24, 2.45) is 0 Å². The molecule has 0 aromatic heterocycles. The molecule has 0 atom stereocenters. The largest absolute Gasteiger partial charge is 0.508 e. The Morgan fingerprint density at radius 2 is 2.12 bits per heavy atom. The first-order valence-electron chi connectivity index (χ1n) is 5.35. The van der Waals surface area contributed by atoms with Gasteiger partial charge >= 0.3 is 0 Å². The molecule has 0 spiro atoms. The number of phenolic OH excluding ortho intramolecular Hbond substituents is 1. The summed E-state index contributed by atoms with van der Waals surface area (Å²) in [4.78, 5) is 2.11. The van der Waals surface area contributed by atoms with Gasteiger partial charge in [-0.15, -0.1) is 0 Å². The van der Waals surface area contributed by atoms with Gasteiger partial charge in [-0.1, -0.05) is 0 Å². The van der Waals surface area contributed by atoms with E-state index in [2.05, 4.69) is 10.2 Å². The second-order valence-corrected chi connectivity index (χ2v) is 3.97. The van der Waals surface area contributed by atoms with Crippen LogP contribution >= 0.6 is 0 Å². The molecule has 0 aliphatic carbocycles. The molecule has 0 aliphatic rings. The van der Waals surface area contributed by atoms with Gasteiger partial charge < -0.3 is 20.1 Å². The van der Waals surface area contributed by atoms with Gasteiger partial charge in [-0.25, -0.2) is 0 Å². The topological polar surface area (TPSA) is 44.7 Å². The molecule has 1 rings (SSSR count). The summed E-state index contributed by atoms with van der Waals surface area (Å²) in [5, 5.41) is 12.9. The summed E-state index contributed by atoms with van der Waals surface area (Å²) in [5.74, 6) is 1.07. The minimum Gasteiger partial charge on any atom is -0.508 e. The highest BCUT2D eigenvalue weighted by Crippen LogP contribution is 2.22. The number of hydrogen-bond donors (Lipinski definition) is 2. The van der Waals surface area contributed by atoms with Gasteiger partial charge in [0.15, 0.2) is 0 Å². The third-order valence-corrected chi connectivity index (χ3v) is 2.34. The molecular formula is C12H20N2O2. The highest BCUT2D eigenvalue weighted by molar-refractivity contribution is 5.39. The number of nitrogens with zero attached hydrogens (tertiary/aromatic N) is 1. The lowest BCUT2D eigenvalue weighted by Gasteiger charge is -2.11. The van der Waals surface area contributed by atoms with E-state index in [1.54, 1.807) is 19.2 Å². The minimum atomic E-state index is 0.304. The van der Waals surface area contributed by atoms with E-state index >= 15 is 0 Å². The number of rotatable bonds is 6. The molecule has 90 valence electrons. The van der Waals surface area contributed by atoms with Crippen LogP contribution in [-0.2, 0) is 6.54 Å². The lowest BCUT2D eigenvalue weighted by molar-refractivity contribution is 0.396. The Bertz CT molecular complexity index is 327. The van der Waals surface area contributed by atoms with Crippen LogP contribution in [0.2, 0.25) is 0 Å². The number of methoxy groups -OCH3 is 1. The molecule has 0 radical (unpaired) electrons. The first-order chi connectivity index (χ1) is 7.63. The normalized spacial score (nSPS) is 10.8. The SMILES string of the molecule is COc1ccc(O)c(CNCCN(C)C)c1. The maximum atomic E-state index is 9.63. The van der Waals surface area contributed by atoms with Crippen molar-refractivity contribution in [1.29, 1.82) is 0 Å². The first-order valence-corrected chi connectivity index (χ1v) is 5.35. The van der Waals surface area contributed by atoms with Crippen molar-refractivity contribution in [3.05, 3.63) is 23.8 Å². The van der Waals surface area contributed by atoms with Crippen LogP contribution in [-0.4, -0.2) is 44.3 Å². The molecule has 0 fully saturated rings. The van der Waals surface area contributed by atoms with Crippen molar-refractivity contribution < 1.29 is 9.84 Å². The number of ether oxygens (including phenoxy) is 1. The van der Waals surface area contributed by atoms with Gasteiger partial charge in [-0.05, 0) is 32.3 Å². The lowest BCUT2D eigenvalue weighted by atomic mass is 10.2. The molecule has 4 heteroatoms. The number of hydrogen-bond acceptors (Lipinski definition) is 4. The van der Waals surface area contributed by atoms with Crippen molar-refractivity contribution in [3.8, 4) is 11.5 Å². The third kappa shape index (κ3) is 4.08. The zero-order valence-corrected chi connectivity index (χ0v) is 10.2. The number of nitrogens with one attached hydrogen (secondary N) is 1. The van der Waals surface area contributed by atoms with E-state index in [0.717, 1.165) is 24.4 Å². The maximum Gasteiger partial charge on any atom is 0.120 e. The Labute approximate surface area is 96.8 Å². The maximum absolute atomic E-state index is 9.63. The molecule has 1 aromatic rings. The molecule has 0 heterocycles. The average molecular weight is 224 g/mol. The Hall–Kier alpha value is -1.26. The van der Waals surface area contributed by atoms with Gasteiger partial charge in [-0.2, -0.15) is 0 Å². The molecule has 0 amide bonds. The molecule has 0 bridgehead atoms. The zero-order chi connectivity index (χ0) is 12.0. The fraction of sp³-hybridized carbons (Fsp3) is 0.500. The molecule has 0 aliphatic heterocycles. The molecule has 1 aromatic carbocycles. The highest BCUT2D eigenvalue weighted by Gasteiger charge is 2.02. The quantitative estimate of drug-likeness (QED) is 0.709. The van der Waals surface area contributed by atoms with E-state index in [0.29, 0.717) is 12.3 Å². The van der Waals surface area contributed by atoms with E-state index in [1.807, 2.05) is 20.2 Å². The summed E-state index contributed by atoms with van der Waals surface area (Å²) in [6.07, 6.45) is 0. The summed E-state index contributed by atoms with van der Waals surface area (Å²) >= 11 is 0. The van der Waals surface area contributed by atoms with Crippen molar-refractivity contribution in [3.63, 3.8) is 0 Å². The predicted molar refractivity (Wildman–Crippen MR) is 64.9 cm³/mol. The third-order valence-electron chi connectivity index (χ3n) is 2.34. The standard InChI is InChI=1S/C12H20N2O2/c1-14(2)7-6-13-9-10-8-11(16-3)4-5-12(10)15/h4-5,8,13,15H,6-7,9H2,1-3H3. The Morgan fingerprint density at radius 3 is 2.75 bits per heavy atom. The first kappa shape index (κ1) is 12.8. The number of phenols is 1. The van der Waals surface area contributed by atoms with Crippen LogP contribution in [0.4, 0.5) is 0 Å². The van der Waals surface area contributed by atoms with Gasteiger partial charge in [0.05, 0.1) is 7.11 Å². The monoisotopic (exact) mass is 224 g/mol. The van der Waals surface area contributed by atoms with Gasteiger partial charge in [-0.3, -0.25) is 0 Å². The summed E-state index contributed by atoms with van der Waals surface area (Å²) in [7, 11) is 5.69. The Kier molecular flexibility index (Phi) is 5.08. The molecule has 4 nitrogen and oxygen atoms in total. The molecule has 0 saturated heterocycles. The van der Waals surface area contributed by atoms with Crippen LogP contribution in [0.1, 0.15) is 5.56 Å². The van der Waals surface area contributed by atoms with Crippen molar-refractivity contribution >= 4 is 0 Å². The van der Waals surface area contributed by atoms with E-state index in [-0.39, 0.29) is 0 Å². The van der Waals surface area contributed by atoms with E-state index < -0.39 is 0 Å². The molecular weight excluding hydrogens is 204 g/mol. The summed E-state index contributed by atoms with van der Waals surface area (Å²) < 4.78 is 5.11. The van der Waals surface area contributed by atoms with Crippen molar-refractivity contribution in [1.82, 2.24) is 10.2 Å². The number of benzene rings is 1. The Morgan fingerprint density at radius 1 is 1.38 bits per heavy atom. The number of likely N-dealkylation sites (N-methyl/N-ethyl adjacent to an activating group) is 1. The number of aromatic hydroxyl groups is 1.